The molecule has 1 atom stereocenters. The SMILES string of the molecule is CC(C)CNCC(O)C(Cl)(Cl)Cl. The zero-order valence-corrected chi connectivity index (χ0v) is 9.42. The third-order valence-corrected chi connectivity index (χ3v) is 2.02. The number of hydrogen-bond donors (Lipinski definition) is 2. The van der Waals surface area contributed by atoms with Crippen LogP contribution in [-0.4, -0.2) is 28.1 Å². The molecule has 0 bridgehead atoms. The molecule has 74 valence electrons. The molecule has 0 aromatic rings. The quantitative estimate of drug-likeness (QED) is 0.729. The maximum absolute atomic E-state index is 9.24. The lowest BCUT2D eigenvalue weighted by atomic mass is 10.2. The fourth-order valence-electron chi connectivity index (χ4n) is 0.624. The molecule has 0 fully saturated rings. The van der Waals surface area contributed by atoms with E-state index in [0.29, 0.717) is 12.5 Å². The number of halogens is 3. The standard InChI is InChI=1S/C7H14Cl3NO/c1-5(2)3-11-4-6(12)7(8,9)10/h5-6,11-12H,3-4H2,1-2H3. The Balaban J connectivity index is 3.51. The molecule has 12 heavy (non-hydrogen) atoms. The van der Waals surface area contributed by atoms with Crippen molar-refractivity contribution in [2.75, 3.05) is 13.1 Å². The van der Waals surface area contributed by atoms with E-state index in [1.54, 1.807) is 0 Å². The minimum absolute atomic E-state index is 0.300. The van der Waals surface area contributed by atoms with E-state index in [0.717, 1.165) is 6.54 Å². The highest BCUT2D eigenvalue weighted by atomic mass is 35.6. The van der Waals surface area contributed by atoms with Crippen LogP contribution in [0.2, 0.25) is 0 Å². The Morgan fingerprint density at radius 2 is 1.75 bits per heavy atom. The first kappa shape index (κ1) is 12.8. The number of aliphatic hydroxyl groups excluding tert-OH is 1. The number of aliphatic hydroxyl groups is 1. The van der Waals surface area contributed by atoms with Crippen LogP contribution in [0.4, 0.5) is 0 Å². The monoisotopic (exact) mass is 233 g/mol. The van der Waals surface area contributed by atoms with E-state index in [-0.39, 0.29) is 0 Å². The van der Waals surface area contributed by atoms with E-state index < -0.39 is 9.90 Å². The predicted molar refractivity (Wildman–Crippen MR) is 54.0 cm³/mol. The van der Waals surface area contributed by atoms with Gasteiger partial charge in [-0.15, -0.1) is 0 Å². The van der Waals surface area contributed by atoms with E-state index in [4.69, 9.17) is 34.8 Å². The van der Waals surface area contributed by atoms with Crippen LogP contribution >= 0.6 is 34.8 Å². The molecule has 0 rings (SSSR count). The van der Waals surface area contributed by atoms with Crippen LogP contribution in [0.5, 0.6) is 0 Å². The highest BCUT2D eigenvalue weighted by Crippen LogP contribution is 2.29. The Bertz CT molecular complexity index is 124. The van der Waals surface area contributed by atoms with Crippen LogP contribution in [0.3, 0.4) is 0 Å². The van der Waals surface area contributed by atoms with Crippen molar-refractivity contribution in [1.82, 2.24) is 5.32 Å². The summed E-state index contributed by atoms with van der Waals surface area (Å²) < 4.78 is -1.59. The van der Waals surface area contributed by atoms with Gasteiger partial charge in [0.2, 0.25) is 3.79 Å². The average molecular weight is 235 g/mol. The van der Waals surface area contributed by atoms with Crippen molar-refractivity contribution >= 4 is 34.8 Å². The summed E-state index contributed by atoms with van der Waals surface area (Å²) >= 11 is 16.3. The summed E-state index contributed by atoms with van der Waals surface area (Å²) in [6.45, 7) is 5.23. The molecule has 0 aliphatic heterocycles. The van der Waals surface area contributed by atoms with Gasteiger partial charge in [0.1, 0.15) is 6.10 Å². The summed E-state index contributed by atoms with van der Waals surface area (Å²) in [6, 6.07) is 0. The smallest absolute Gasteiger partial charge is 0.217 e. The molecule has 0 aliphatic rings. The van der Waals surface area contributed by atoms with Gasteiger partial charge in [0.15, 0.2) is 0 Å². The predicted octanol–water partition coefficient (Wildman–Crippen LogP) is 1.96. The molecule has 0 amide bonds. The summed E-state index contributed by atoms with van der Waals surface area (Å²) in [4.78, 5) is 0. The van der Waals surface area contributed by atoms with E-state index in [1.807, 2.05) is 0 Å². The van der Waals surface area contributed by atoms with Gasteiger partial charge in [-0.2, -0.15) is 0 Å². The Morgan fingerprint density at radius 3 is 2.08 bits per heavy atom. The summed E-state index contributed by atoms with van der Waals surface area (Å²) in [7, 11) is 0. The summed E-state index contributed by atoms with van der Waals surface area (Å²) in [5.74, 6) is 0.521. The molecule has 0 radical (unpaired) electrons. The first-order valence-electron chi connectivity index (χ1n) is 3.79. The van der Waals surface area contributed by atoms with Crippen molar-refractivity contribution in [2.45, 2.75) is 23.7 Å². The minimum atomic E-state index is -1.59. The molecule has 2 nitrogen and oxygen atoms in total. The van der Waals surface area contributed by atoms with E-state index in [2.05, 4.69) is 19.2 Å². The highest BCUT2D eigenvalue weighted by molar-refractivity contribution is 6.68. The van der Waals surface area contributed by atoms with E-state index >= 15 is 0 Å². The molecule has 0 aromatic carbocycles. The van der Waals surface area contributed by atoms with Crippen LogP contribution in [-0.2, 0) is 0 Å². The fourth-order valence-corrected chi connectivity index (χ4v) is 0.856. The second-order valence-corrected chi connectivity index (χ2v) is 5.48. The number of alkyl halides is 3. The molecule has 2 N–H and O–H groups in total. The van der Waals surface area contributed by atoms with Crippen LogP contribution < -0.4 is 5.32 Å². The maximum Gasteiger partial charge on any atom is 0.217 e. The van der Waals surface area contributed by atoms with Crippen molar-refractivity contribution in [1.29, 1.82) is 0 Å². The molecule has 1 unspecified atom stereocenters. The Hall–Kier alpha value is 0.790. The lowest BCUT2D eigenvalue weighted by molar-refractivity contribution is 0.174. The van der Waals surface area contributed by atoms with Gasteiger partial charge in [-0.3, -0.25) is 0 Å². The van der Waals surface area contributed by atoms with Crippen LogP contribution in [0.15, 0.2) is 0 Å². The zero-order valence-electron chi connectivity index (χ0n) is 7.15. The number of nitrogens with one attached hydrogen (secondary N) is 1. The number of rotatable bonds is 4. The van der Waals surface area contributed by atoms with Gasteiger partial charge in [0, 0.05) is 6.54 Å². The van der Waals surface area contributed by atoms with Gasteiger partial charge < -0.3 is 10.4 Å². The number of hydrogen-bond acceptors (Lipinski definition) is 2. The topological polar surface area (TPSA) is 32.3 Å². The van der Waals surface area contributed by atoms with Crippen molar-refractivity contribution in [3.05, 3.63) is 0 Å². The average Bonchev–Trinajstić information content (AvgIpc) is 1.84. The maximum atomic E-state index is 9.24. The van der Waals surface area contributed by atoms with Crippen molar-refractivity contribution in [2.24, 2.45) is 5.92 Å². The normalized spacial score (nSPS) is 15.2. The molecule has 5 heteroatoms. The molecule has 0 aromatic heterocycles. The molecule has 0 heterocycles. The first-order chi connectivity index (χ1) is 5.34. The summed E-state index contributed by atoms with van der Waals surface area (Å²) in [5, 5.41) is 12.2. The molecule has 0 aliphatic carbocycles. The molecular formula is C7H14Cl3NO. The van der Waals surface area contributed by atoms with E-state index in [1.165, 1.54) is 0 Å². The van der Waals surface area contributed by atoms with Gasteiger partial charge in [-0.25, -0.2) is 0 Å². The summed E-state index contributed by atoms with van der Waals surface area (Å²) in [6.07, 6.45) is -0.957. The van der Waals surface area contributed by atoms with E-state index in [9.17, 15) is 5.11 Å². The first-order valence-corrected chi connectivity index (χ1v) is 4.93. The summed E-state index contributed by atoms with van der Waals surface area (Å²) in [5.41, 5.74) is 0. The third kappa shape index (κ3) is 6.32. The second-order valence-electron chi connectivity index (χ2n) is 3.11. The van der Waals surface area contributed by atoms with Gasteiger partial charge in [0.05, 0.1) is 0 Å². The van der Waals surface area contributed by atoms with Crippen molar-refractivity contribution in [3.8, 4) is 0 Å². The van der Waals surface area contributed by atoms with Crippen LogP contribution in [0.25, 0.3) is 0 Å². The van der Waals surface area contributed by atoms with Crippen LogP contribution in [0.1, 0.15) is 13.8 Å². The highest BCUT2D eigenvalue weighted by Gasteiger charge is 2.30. The van der Waals surface area contributed by atoms with Crippen LogP contribution in [0, 0.1) is 5.92 Å². The van der Waals surface area contributed by atoms with Gasteiger partial charge >= 0.3 is 0 Å². The largest absolute Gasteiger partial charge is 0.387 e. The van der Waals surface area contributed by atoms with Crippen molar-refractivity contribution < 1.29 is 5.11 Å². The Kier molecular flexibility index (Phi) is 5.87. The minimum Gasteiger partial charge on any atom is -0.387 e. The molecule has 0 saturated carbocycles. The Labute approximate surface area is 88.2 Å². The molecule has 0 spiro atoms. The van der Waals surface area contributed by atoms with Gasteiger partial charge in [-0.05, 0) is 12.5 Å². The lowest BCUT2D eigenvalue weighted by Crippen LogP contribution is -2.37. The van der Waals surface area contributed by atoms with Crippen molar-refractivity contribution in [3.63, 3.8) is 0 Å². The third-order valence-electron chi connectivity index (χ3n) is 1.27. The zero-order chi connectivity index (χ0) is 9.78. The molecular weight excluding hydrogens is 220 g/mol. The lowest BCUT2D eigenvalue weighted by Gasteiger charge is -2.19. The Morgan fingerprint density at radius 1 is 1.25 bits per heavy atom. The van der Waals surface area contributed by atoms with Gasteiger partial charge in [0.25, 0.3) is 0 Å². The second kappa shape index (κ2) is 5.51. The van der Waals surface area contributed by atoms with Gasteiger partial charge in [-0.1, -0.05) is 48.7 Å². The molecule has 0 saturated heterocycles. The fraction of sp³-hybridized carbons (Fsp3) is 1.00.